The van der Waals surface area contributed by atoms with Crippen molar-refractivity contribution < 1.29 is 10.1 Å². The first-order chi connectivity index (χ1) is 10.8. The zero-order valence-electron chi connectivity index (χ0n) is 13.2. The van der Waals surface area contributed by atoms with Crippen LogP contribution in [0, 0.1) is 11.8 Å². The highest BCUT2D eigenvalue weighted by Gasteiger charge is 2.42. The van der Waals surface area contributed by atoms with Crippen LogP contribution in [0.25, 0.3) is 10.9 Å². The van der Waals surface area contributed by atoms with Gasteiger partial charge < -0.3 is 5.11 Å². The summed E-state index contributed by atoms with van der Waals surface area (Å²) < 4.78 is 0. The molecule has 2 bridgehead atoms. The molecule has 2 aromatic rings. The Labute approximate surface area is 132 Å². The number of para-hydroxylation sites is 1. The first-order valence-electron chi connectivity index (χ1n) is 8.59. The smallest absolute Gasteiger partial charge is 0.211 e. The summed E-state index contributed by atoms with van der Waals surface area (Å²) in [7, 11) is 0. The maximum Gasteiger partial charge on any atom is 0.211 e. The maximum atomic E-state index is 11.1. The fraction of sp³-hybridized carbons (Fsp3) is 0.526. The summed E-state index contributed by atoms with van der Waals surface area (Å²) >= 11 is 0. The second-order valence-electron chi connectivity index (χ2n) is 6.94. The second kappa shape index (κ2) is 5.64. The molecular weight excluding hydrogens is 272 g/mol. The minimum atomic E-state index is -0.389. The Morgan fingerprint density at radius 2 is 2.18 bits per heavy atom. The summed E-state index contributed by atoms with van der Waals surface area (Å²) in [6.07, 6.45) is 5.29. The number of aliphatic hydroxyl groups excluding tert-OH is 1. The summed E-state index contributed by atoms with van der Waals surface area (Å²) in [4.78, 5) is 5.81. The average Bonchev–Trinajstić information content (AvgIpc) is 2.60. The van der Waals surface area contributed by atoms with Gasteiger partial charge in [-0.2, -0.15) is 0 Å². The molecule has 22 heavy (non-hydrogen) atoms. The van der Waals surface area contributed by atoms with Crippen LogP contribution >= 0.6 is 0 Å². The Bertz CT molecular complexity index is 666. The van der Waals surface area contributed by atoms with E-state index in [0.717, 1.165) is 41.3 Å². The Kier molecular flexibility index (Phi) is 3.63. The molecular formula is C19H25N2O+. The number of nitrogens with zero attached hydrogens (tertiary/aromatic N) is 1. The van der Waals surface area contributed by atoms with Gasteiger partial charge in [0.25, 0.3) is 0 Å². The van der Waals surface area contributed by atoms with Gasteiger partial charge in [-0.1, -0.05) is 25.5 Å². The topological polar surface area (TPSA) is 37.6 Å². The van der Waals surface area contributed by atoms with Crippen molar-refractivity contribution in [3.63, 3.8) is 0 Å². The minimum Gasteiger partial charge on any atom is -0.387 e. The number of piperidine rings is 3. The van der Waals surface area contributed by atoms with Crippen LogP contribution in [0.4, 0.5) is 0 Å². The molecule has 0 spiro atoms. The zero-order valence-corrected chi connectivity index (χ0v) is 13.2. The SMILES string of the molecule is CC[C@H]1CN2CC[C@H]1C[C@H]2[C@@H](O)c1cc[nH+]c2ccccc12. The molecule has 5 rings (SSSR count). The lowest BCUT2D eigenvalue weighted by atomic mass is 9.72. The highest BCUT2D eigenvalue weighted by Crippen LogP contribution is 2.42. The quantitative estimate of drug-likeness (QED) is 0.946. The monoisotopic (exact) mass is 297 g/mol. The molecule has 3 saturated heterocycles. The van der Waals surface area contributed by atoms with Crippen LogP contribution in [0.3, 0.4) is 0 Å². The third-order valence-corrected chi connectivity index (χ3v) is 5.88. The van der Waals surface area contributed by atoms with Crippen LogP contribution < -0.4 is 4.98 Å². The number of aromatic nitrogens is 1. The second-order valence-corrected chi connectivity index (χ2v) is 6.94. The van der Waals surface area contributed by atoms with E-state index in [-0.39, 0.29) is 12.1 Å². The van der Waals surface area contributed by atoms with E-state index >= 15 is 0 Å². The van der Waals surface area contributed by atoms with Gasteiger partial charge in [-0.25, -0.2) is 4.98 Å². The predicted octanol–water partition coefficient (Wildman–Crippen LogP) is 2.81. The normalized spacial score (nSPS) is 32.3. The minimum absolute atomic E-state index is 0.285. The van der Waals surface area contributed by atoms with Gasteiger partial charge in [-0.3, -0.25) is 4.90 Å². The highest BCUT2D eigenvalue weighted by molar-refractivity contribution is 5.79. The molecule has 116 valence electrons. The molecule has 0 amide bonds. The number of fused-ring (bicyclic) bond motifs is 4. The van der Waals surface area contributed by atoms with Crippen molar-refractivity contribution in [3.8, 4) is 0 Å². The third kappa shape index (κ3) is 2.24. The highest BCUT2D eigenvalue weighted by atomic mass is 16.3. The fourth-order valence-electron chi connectivity index (χ4n) is 4.61. The number of H-pyrrole nitrogens is 1. The Hall–Kier alpha value is -1.45. The molecule has 1 aromatic heterocycles. The van der Waals surface area contributed by atoms with Crippen LogP contribution in [-0.2, 0) is 0 Å². The Morgan fingerprint density at radius 1 is 1.32 bits per heavy atom. The van der Waals surface area contributed by atoms with E-state index in [0.29, 0.717) is 0 Å². The van der Waals surface area contributed by atoms with Gasteiger partial charge in [0.1, 0.15) is 0 Å². The number of nitrogens with one attached hydrogen (secondary N) is 1. The molecule has 1 aromatic carbocycles. The van der Waals surface area contributed by atoms with Crippen molar-refractivity contribution in [2.24, 2.45) is 11.8 Å². The summed E-state index contributed by atoms with van der Waals surface area (Å²) in [5, 5.41) is 12.2. The first-order valence-corrected chi connectivity index (χ1v) is 8.59. The molecule has 0 saturated carbocycles. The van der Waals surface area contributed by atoms with Gasteiger partial charge in [0.2, 0.25) is 5.52 Å². The van der Waals surface area contributed by atoms with Crippen LogP contribution in [0.15, 0.2) is 36.5 Å². The number of rotatable bonds is 3. The van der Waals surface area contributed by atoms with Gasteiger partial charge in [0, 0.05) is 30.3 Å². The van der Waals surface area contributed by atoms with E-state index in [2.05, 4.69) is 28.9 Å². The van der Waals surface area contributed by atoms with Crippen molar-refractivity contribution in [2.45, 2.75) is 38.3 Å². The molecule has 3 heteroatoms. The van der Waals surface area contributed by atoms with E-state index in [9.17, 15) is 5.11 Å². The summed E-state index contributed by atoms with van der Waals surface area (Å²) in [5.41, 5.74) is 2.17. The molecule has 2 N–H and O–H groups in total. The number of hydrogen-bond acceptors (Lipinski definition) is 2. The average molecular weight is 297 g/mol. The number of aliphatic hydroxyl groups is 1. The lowest BCUT2D eigenvalue weighted by Crippen LogP contribution is -2.55. The van der Waals surface area contributed by atoms with Crippen LogP contribution in [-0.4, -0.2) is 29.1 Å². The van der Waals surface area contributed by atoms with E-state index in [4.69, 9.17) is 0 Å². The van der Waals surface area contributed by atoms with E-state index in [1.807, 2.05) is 24.4 Å². The van der Waals surface area contributed by atoms with Crippen molar-refractivity contribution in [3.05, 3.63) is 42.1 Å². The van der Waals surface area contributed by atoms with Crippen molar-refractivity contribution in [2.75, 3.05) is 13.1 Å². The summed E-state index contributed by atoms with van der Waals surface area (Å²) in [6.45, 7) is 4.62. The number of pyridine rings is 1. The molecule has 5 atom stereocenters. The van der Waals surface area contributed by atoms with Gasteiger partial charge >= 0.3 is 0 Å². The number of aromatic amines is 1. The molecule has 3 aliphatic rings. The number of benzene rings is 1. The molecule has 3 nitrogen and oxygen atoms in total. The Morgan fingerprint density at radius 3 is 2.95 bits per heavy atom. The predicted molar refractivity (Wildman–Crippen MR) is 87.3 cm³/mol. The van der Waals surface area contributed by atoms with Gasteiger partial charge in [0.05, 0.1) is 11.5 Å². The fourth-order valence-corrected chi connectivity index (χ4v) is 4.61. The molecule has 0 aliphatic carbocycles. The van der Waals surface area contributed by atoms with E-state index < -0.39 is 0 Å². The molecule has 3 aliphatic heterocycles. The molecule has 4 heterocycles. The van der Waals surface area contributed by atoms with Crippen molar-refractivity contribution in [1.82, 2.24) is 4.90 Å². The summed E-state index contributed by atoms with van der Waals surface area (Å²) in [6, 6.07) is 10.6. The standard InChI is InChI=1S/C19H24N2O/c1-2-13-12-21-10-8-14(13)11-18(21)19(22)16-7-9-20-17-6-4-3-5-15(16)17/h3-7,9,13-14,18-19,22H,2,8,10-12H2,1H3/p+1/t13-,14-,18-,19-/m0/s1. The molecule has 3 fully saturated rings. The van der Waals surface area contributed by atoms with Gasteiger partial charge in [0.15, 0.2) is 6.20 Å². The molecule has 1 unspecified atom stereocenters. The maximum absolute atomic E-state index is 11.1. The largest absolute Gasteiger partial charge is 0.387 e. The van der Waals surface area contributed by atoms with Gasteiger partial charge in [-0.05, 0) is 37.3 Å². The van der Waals surface area contributed by atoms with E-state index in [1.54, 1.807) is 0 Å². The third-order valence-electron chi connectivity index (χ3n) is 5.88. The number of hydrogen-bond donors (Lipinski definition) is 1. The van der Waals surface area contributed by atoms with E-state index in [1.165, 1.54) is 19.4 Å². The van der Waals surface area contributed by atoms with Crippen LogP contribution in [0.1, 0.15) is 37.9 Å². The lowest BCUT2D eigenvalue weighted by molar-refractivity contribution is -0.344. The zero-order chi connectivity index (χ0) is 15.1. The summed E-state index contributed by atoms with van der Waals surface area (Å²) in [5.74, 6) is 1.63. The Balaban J connectivity index is 1.66. The van der Waals surface area contributed by atoms with Gasteiger partial charge in [-0.15, -0.1) is 0 Å². The van der Waals surface area contributed by atoms with Crippen molar-refractivity contribution in [1.29, 1.82) is 0 Å². The molecule has 0 radical (unpaired) electrons. The van der Waals surface area contributed by atoms with Crippen LogP contribution in [0.2, 0.25) is 0 Å². The first kappa shape index (κ1) is 14.2. The lowest BCUT2D eigenvalue weighted by Gasteiger charge is -2.51. The van der Waals surface area contributed by atoms with Crippen LogP contribution in [0.5, 0.6) is 0 Å². The van der Waals surface area contributed by atoms with Crippen molar-refractivity contribution >= 4 is 10.9 Å².